The Morgan fingerprint density at radius 3 is 2.65 bits per heavy atom. The molecule has 0 bridgehead atoms. The van der Waals surface area contributed by atoms with Crippen LogP contribution >= 0.6 is 36.4 Å². The van der Waals surface area contributed by atoms with E-state index in [1.807, 2.05) is 12.1 Å². The van der Waals surface area contributed by atoms with Crippen molar-refractivity contribution in [3.05, 3.63) is 35.5 Å². The molecule has 26 heavy (non-hydrogen) atoms. The first-order valence-corrected chi connectivity index (χ1v) is 8.43. The predicted molar refractivity (Wildman–Crippen MR) is 112 cm³/mol. The van der Waals surface area contributed by atoms with Gasteiger partial charge in [0.25, 0.3) is 5.91 Å². The van der Waals surface area contributed by atoms with Gasteiger partial charge in [-0.05, 0) is 36.6 Å². The van der Waals surface area contributed by atoms with Crippen molar-refractivity contribution in [3.63, 3.8) is 0 Å². The van der Waals surface area contributed by atoms with Crippen LogP contribution < -0.4 is 10.5 Å². The van der Waals surface area contributed by atoms with Gasteiger partial charge in [0.05, 0.1) is 5.02 Å². The molecule has 1 unspecified atom stereocenters. The average Bonchev–Trinajstić information content (AvgIpc) is 2.58. The molecule has 146 valence electrons. The number of carbonyl (C=O) groups excluding carboxylic acids is 1. The van der Waals surface area contributed by atoms with Gasteiger partial charge >= 0.3 is 0 Å². The van der Waals surface area contributed by atoms with Crippen molar-refractivity contribution in [2.24, 2.45) is 11.7 Å². The third kappa shape index (κ3) is 6.47. The summed E-state index contributed by atoms with van der Waals surface area (Å²) < 4.78 is 5.67. The van der Waals surface area contributed by atoms with Crippen LogP contribution in [-0.2, 0) is 4.79 Å². The number of nitrogens with zero attached hydrogens (tertiary/aromatic N) is 2. The van der Waals surface area contributed by atoms with E-state index in [9.17, 15) is 4.79 Å². The number of pyridine rings is 1. The minimum Gasteiger partial charge on any atom is -0.481 e. The lowest BCUT2D eigenvalue weighted by Gasteiger charge is -2.21. The summed E-state index contributed by atoms with van der Waals surface area (Å²) in [6.45, 7) is 4.73. The van der Waals surface area contributed by atoms with Gasteiger partial charge in [-0.25, -0.2) is 0 Å². The number of ether oxygens (including phenoxy) is 1. The van der Waals surface area contributed by atoms with E-state index in [4.69, 9.17) is 22.1 Å². The van der Waals surface area contributed by atoms with E-state index in [1.165, 1.54) is 0 Å². The van der Waals surface area contributed by atoms with E-state index in [-0.39, 0.29) is 43.4 Å². The molecule has 8 heteroatoms. The molecule has 0 aliphatic heterocycles. The van der Waals surface area contributed by atoms with Crippen molar-refractivity contribution in [1.29, 1.82) is 0 Å². The van der Waals surface area contributed by atoms with Crippen LogP contribution in [0.2, 0.25) is 5.02 Å². The van der Waals surface area contributed by atoms with E-state index in [0.29, 0.717) is 28.8 Å². The summed E-state index contributed by atoms with van der Waals surface area (Å²) in [5.41, 5.74) is 6.67. The van der Waals surface area contributed by atoms with Crippen molar-refractivity contribution < 1.29 is 9.53 Å². The first-order chi connectivity index (χ1) is 11.4. The van der Waals surface area contributed by atoms with Crippen LogP contribution in [0, 0.1) is 5.92 Å². The van der Waals surface area contributed by atoms with Gasteiger partial charge in [0, 0.05) is 31.2 Å². The second kappa shape index (κ2) is 11.4. The standard InChI is InChI=1S/C18H24ClN3O2.2ClH/c1-12(2)15(20)8-10-22(3)17(23)11-24-16-7-6-14(19)13-5-4-9-21-18(13)16;;/h4-7,9,12,15H,8,10-11,20H2,1-3H3;2*1H. The minimum atomic E-state index is -0.0926. The fourth-order valence-corrected chi connectivity index (χ4v) is 2.49. The number of hydrogen-bond acceptors (Lipinski definition) is 4. The summed E-state index contributed by atoms with van der Waals surface area (Å²) in [4.78, 5) is 18.2. The van der Waals surface area contributed by atoms with Crippen LogP contribution in [0.1, 0.15) is 20.3 Å². The lowest BCUT2D eigenvalue weighted by atomic mass is 10.0. The number of rotatable bonds is 7. The fraction of sp³-hybridized carbons (Fsp3) is 0.444. The van der Waals surface area contributed by atoms with E-state index >= 15 is 0 Å². The van der Waals surface area contributed by atoms with E-state index in [2.05, 4.69) is 18.8 Å². The third-order valence-electron chi connectivity index (χ3n) is 4.11. The molecule has 2 aromatic rings. The molecule has 2 N–H and O–H groups in total. The van der Waals surface area contributed by atoms with Crippen molar-refractivity contribution >= 4 is 53.2 Å². The molecule has 5 nitrogen and oxygen atoms in total. The normalized spacial score (nSPS) is 11.5. The van der Waals surface area contributed by atoms with Gasteiger partial charge in [0.1, 0.15) is 11.3 Å². The topological polar surface area (TPSA) is 68.5 Å². The van der Waals surface area contributed by atoms with Crippen LogP contribution in [0.4, 0.5) is 0 Å². The number of benzene rings is 1. The Morgan fingerprint density at radius 1 is 1.31 bits per heavy atom. The summed E-state index contributed by atoms with van der Waals surface area (Å²) in [6.07, 6.45) is 2.44. The number of hydrogen-bond donors (Lipinski definition) is 1. The highest BCUT2D eigenvalue weighted by Crippen LogP contribution is 2.29. The molecule has 0 radical (unpaired) electrons. The Hall–Kier alpha value is -1.27. The number of halogens is 3. The molecule has 1 amide bonds. The van der Waals surface area contributed by atoms with Crippen molar-refractivity contribution in [1.82, 2.24) is 9.88 Å². The van der Waals surface area contributed by atoms with Crippen LogP contribution in [0.5, 0.6) is 5.75 Å². The third-order valence-corrected chi connectivity index (χ3v) is 4.44. The Labute approximate surface area is 172 Å². The number of nitrogens with two attached hydrogens (primary N) is 1. The zero-order valence-electron chi connectivity index (χ0n) is 15.1. The van der Waals surface area contributed by atoms with Gasteiger partial charge in [-0.1, -0.05) is 25.4 Å². The van der Waals surface area contributed by atoms with Crippen LogP contribution in [-0.4, -0.2) is 42.0 Å². The molecule has 1 aromatic carbocycles. The molecule has 1 atom stereocenters. The molecule has 0 spiro atoms. The molecule has 0 aliphatic rings. The average molecular weight is 423 g/mol. The summed E-state index contributed by atoms with van der Waals surface area (Å²) >= 11 is 6.16. The summed E-state index contributed by atoms with van der Waals surface area (Å²) in [7, 11) is 1.76. The number of amides is 1. The first-order valence-electron chi connectivity index (χ1n) is 8.05. The Morgan fingerprint density at radius 2 is 2.00 bits per heavy atom. The summed E-state index contributed by atoms with van der Waals surface area (Å²) in [5.74, 6) is 0.858. The number of fused-ring (bicyclic) bond motifs is 1. The maximum absolute atomic E-state index is 12.2. The fourth-order valence-electron chi connectivity index (χ4n) is 2.28. The highest BCUT2D eigenvalue weighted by molar-refractivity contribution is 6.35. The summed E-state index contributed by atoms with van der Waals surface area (Å²) in [5, 5.41) is 1.41. The highest BCUT2D eigenvalue weighted by atomic mass is 35.5. The van der Waals surface area contributed by atoms with E-state index in [1.54, 1.807) is 30.3 Å². The van der Waals surface area contributed by atoms with Crippen molar-refractivity contribution in [2.75, 3.05) is 20.2 Å². The zero-order chi connectivity index (χ0) is 17.7. The number of aromatic nitrogens is 1. The second-order valence-electron chi connectivity index (χ2n) is 6.25. The lowest BCUT2D eigenvalue weighted by molar-refractivity contribution is -0.132. The molecule has 0 aliphatic carbocycles. The number of likely N-dealkylation sites (N-methyl/N-ethyl adjacent to an activating group) is 1. The molecule has 1 aromatic heterocycles. The van der Waals surface area contributed by atoms with Crippen LogP contribution in [0.15, 0.2) is 30.5 Å². The Bertz CT molecular complexity index is 713. The SMILES string of the molecule is CC(C)C(N)CCN(C)C(=O)COc1ccc(Cl)c2cccnc12.Cl.Cl. The van der Waals surface area contributed by atoms with Gasteiger partial charge in [0.15, 0.2) is 6.61 Å². The lowest BCUT2D eigenvalue weighted by Crippen LogP contribution is -2.36. The zero-order valence-corrected chi connectivity index (χ0v) is 17.5. The predicted octanol–water partition coefficient (Wildman–Crippen LogP) is 3.94. The van der Waals surface area contributed by atoms with Gasteiger partial charge in [0.2, 0.25) is 0 Å². The molecular formula is C18H26Cl3N3O2. The van der Waals surface area contributed by atoms with Gasteiger partial charge < -0.3 is 15.4 Å². The van der Waals surface area contributed by atoms with Crippen LogP contribution in [0.25, 0.3) is 10.9 Å². The maximum Gasteiger partial charge on any atom is 0.260 e. The largest absolute Gasteiger partial charge is 0.481 e. The monoisotopic (exact) mass is 421 g/mol. The van der Waals surface area contributed by atoms with Crippen molar-refractivity contribution in [3.8, 4) is 5.75 Å². The minimum absolute atomic E-state index is 0. The molecular weight excluding hydrogens is 397 g/mol. The Balaban J connectivity index is 0.00000312. The van der Waals surface area contributed by atoms with E-state index < -0.39 is 0 Å². The first kappa shape index (κ1) is 24.7. The maximum atomic E-state index is 12.2. The second-order valence-corrected chi connectivity index (χ2v) is 6.65. The molecule has 0 saturated heterocycles. The van der Waals surface area contributed by atoms with E-state index in [0.717, 1.165) is 11.8 Å². The quantitative estimate of drug-likeness (QED) is 0.733. The van der Waals surface area contributed by atoms with Gasteiger partial charge in [-0.2, -0.15) is 0 Å². The van der Waals surface area contributed by atoms with Crippen LogP contribution in [0.3, 0.4) is 0 Å². The van der Waals surface area contributed by atoms with Crippen molar-refractivity contribution in [2.45, 2.75) is 26.3 Å². The molecule has 0 saturated carbocycles. The van der Waals surface area contributed by atoms with Gasteiger partial charge in [-0.3, -0.25) is 9.78 Å². The smallest absolute Gasteiger partial charge is 0.260 e. The molecule has 2 rings (SSSR count). The molecule has 0 fully saturated rings. The number of carbonyl (C=O) groups is 1. The Kier molecular flexibility index (Phi) is 10.9. The summed E-state index contributed by atoms with van der Waals surface area (Å²) in [6, 6.07) is 7.26. The molecule has 1 heterocycles. The van der Waals surface area contributed by atoms with Gasteiger partial charge in [-0.15, -0.1) is 24.8 Å². The highest BCUT2D eigenvalue weighted by Gasteiger charge is 2.14.